The van der Waals surface area contributed by atoms with Gasteiger partial charge in [-0.1, -0.05) is 13.8 Å². The monoisotopic (exact) mass is 239 g/mol. The maximum atomic E-state index is 11.9. The van der Waals surface area contributed by atoms with Gasteiger partial charge in [-0.2, -0.15) is 0 Å². The molecule has 98 valence electrons. The van der Waals surface area contributed by atoms with Crippen molar-refractivity contribution in [3.63, 3.8) is 0 Å². The highest BCUT2D eigenvalue weighted by Gasteiger charge is 2.37. The Balaban J connectivity index is 1.97. The van der Waals surface area contributed by atoms with Gasteiger partial charge in [-0.15, -0.1) is 0 Å². The van der Waals surface area contributed by atoms with E-state index in [1.165, 1.54) is 12.8 Å². The third-order valence-electron chi connectivity index (χ3n) is 4.32. The molecular weight excluding hydrogens is 214 g/mol. The minimum Gasteiger partial charge on any atom is -0.326 e. The van der Waals surface area contributed by atoms with Gasteiger partial charge in [0.15, 0.2) is 0 Å². The van der Waals surface area contributed by atoms with E-state index < -0.39 is 0 Å². The van der Waals surface area contributed by atoms with Crippen molar-refractivity contribution >= 4 is 5.91 Å². The number of carbonyl (C=O) groups excluding carboxylic acids is 1. The van der Waals surface area contributed by atoms with Crippen LogP contribution in [0.4, 0.5) is 0 Å². The first-order valence-corrected chi connectivity index (χ1v) is 6.75. The van der Waals surface area contributed by atoms with Crippen LogP contribution in [0.15, 0.2) is 0 Å². The molecule has 0 saturated carbocycles. The summed E-state index contributed by atoms with van der Waals surface area (Å²) in [6.07, 6.45) is 3.66. The molecule has 1 N–H and O–H groups in total. The number of rotatable bonds is 3. The summed E-state index contributed by atoms with van der Waals surface area (Å²) >= 11 is 0. The van der Waals surface area contributed by atoms with Crippen LogP contribution in [0.5, 0.6) is 0 Å². The SMILES string of the molecule is CCC1NCC(=O)N1CC1(C)CCN(C)CC1. The predicted octanol–water partition coefficient (Wildman–Crippen LogP) is 0.886. The average molecular weight is 239 g/mol. The van der Waals surface area contributed by atoms with Crippen molar-refractivity contribution in [3.05, 3.63) is 0 Å². The van der Waals surface area contributed by atoms with E-state index in [1.807, 2.05) is 0 Å². The number of likely N-dealkylation sites (tertiary alicyclic amines) is 1. The van der Waals surface area contributed by atoms with Crippen LogP contribution in [0, 0.1) is 5.41 Å². The minimum atomic E-state index is 0.263. The van der Waals surface area contributed by atoms with Crippen molar-refractivity contribution < 1.29 is 4.79 Å². The number of carbonyl (C=O) groups is 1. The molecule has 0 radical (unpaired) electrons. The van der Waals surface area contributed by atoms with E-state index in [-0.39, 0.29) is 12.1 Å². The summed E-state index contributed by atoms with van der Waals surface area (Å²) in [6.45, 7) is 8.23. The first-order valence-electron chi connectivity index (χ1n) is 6.75. The first-order chi connectivity index (χ1) is 8.04. The van der Waals surface area contributed by atoms with Crippen LogP contribution < -0.4 is 5.32 Å². The Hall–Kier alpha value is -0.610. The number of hydrogen-bond donors (Lipinski definition) is 1. The Kier molecular flexibility index (Phi) is 3.73. The zero-order valence-corrected chi connectivity index (χ0v) is 11.3. The second-order valence-electron chi connectivity index (χ2n) is 5.94. The molecule has 4 heteroatoms. The molecule has 0 aliphatic carbocycles. The maximum Gasteiger partial charge on any atom is 0.237 e. The summed E-state index contributed by atoms with van der Waals surface area (Å²) in [5.74, 6) is 0.275. The molecule has 2 fully saturated rings. The maximum absolute atomic E-state index is 11.9. The molecule has 2 aliphatic rings. The van der Waals surface area contributed by atoms with Gasteiger partial charge in [0.25, 0.3) is 0 Å². The number of hydrogen-bond acceptors (Lipinski definition) is 3. The fraction of sp³-hybridized carbons (Fsp3) is 0.923. The molecule has 1 amide bonds. The van der Waals surface area contributed by atoms with Crippen LogP contribution in [0.25, 0.3) is 0 Å². The van der Waals surface area contributed by atoms with E-state index in [4.69, 9.17) is 0 Å². The zero-order chi connectivity index (χ0) is 12.5. The molecule has 17 heavy (non-hydrogen) atoms. The second kappa shape index (κ2) is 4.94. The van der Waals surface area contributed by atoms with Crippen LogP contribution in [0.1, 0.15) is 33.1 Å². The van der Waals surface area contributed by atoms with E-state index in [1.54, 1.807) is 0 Å². The summed E-state index contributed by atoms with van der Waals surface area (Å²) in [5.41, 5.74) is 0.307. The Labute approximate surface area is 104 Å². The Morgan fingerprint density at radius 2 is 2.06 bits per heavy atom. The van der Waals surface area contributed by atoms with Crippen LogP contribution >= 0.6 is 0 Å². The third-order valence-corrected chi connectivity index (χ3v) is 4.32. The molecule has 1 unspecified atom stereocenters. The second-order valence-corrected chi connectivity index (χ2v) is 5.94. The van der Waals surface area contributed by atoms with Crippen molar-refractivity contribution in [1.82, 2.24) is 15.1 Å². The quantitative estimate of drug-likeness (QED) is 0.794. The number of amides is 1. The summed E-state index contributed by atoms with van der Waals surface area (Å²) in [5, 5.41) is 3.29. The lowest BCUT2D eigenvalue weighted by Crippen LogP contribution is -2.47. The van der Waals surface area contributed by atoms with Gasteiger partial charge >= 0.3 is 0 Å². The fourth-order valence-electron chi connectivity index (χ4n) is 2.88. The molecule has 1 atom stereocenters. The van der Waals surface area contributed by atoms with Gasteiger partial charge in [-0.05, 0) is 44.8 Å². The molecule has 2 heterocycles. The lowest BCUT2D eigenvalue weighted by Gasteiger charge is -2.41. The number of piperidine rings is 1. The first kappa shape index (κ1) is 12.8. The summed E-state index contributed by atoms with van der Waals surface area (Å²) in [7, 11) is 2.18. The number of nitrogens with zero attached hydrogens (tertiary/aromatic N) is 2. The van der Waals surface area contributed by atoms with Gasteiger partial charge in [-0.3, -0.25) is 10.1 Å². The highest BCUT2D eigenvalue weighted by molar-refractivity contribution is 5.80. The molecule has 2 rings (SSSR count). The molecule has 2 saturated heterocycles. The van der Waals surface area contributed by atoms with Crippen LogP contribution in [-0.4, -0.2) is 55.1 Å². The van der Waals surface area contributed by atoms with E-state index in [2.05, 4.69) is 36.0 Å². The fourth-order valence-corrected chi connectivity index (χ4v) is 2.88. The van der Waals surface area contributed by atoms with Crippen molar-refractivity contribution in [2.24, 2.45) is 5.41 Å². The molecule has 0 spiro atoms. The highest BCUT2D eigenvalue weighted by Crippen LogP contribution is 2.32. The summed E-state index contributed by atoms with van der Waals surface area (Å²) in [4.78, 5) is 16.3. The lowest BCUT2D eigenvalue weighted by molar-refractivity contribution is -0.130. The summed E-state index contributed by atoms with van der Waals surface area (Å²) < 4.78 is 0. The molecule has 0 aromatic carbocycles. The van der Waals surface area contributed by atoms with Gasteiger partial charge in [0.2, 0.25) is 5.91 Å². The Bertz CT molecular complexity index is 284. The van der Waals surface area contributed by atoms with Crippen LogP contribution in [-0.2, 0) is 4.79 Å². The molecular formula is C13H25N3O. The van der Waals surface area contributed by atoms with E-state index in [9.17, 15) is 4.79 Å². The van der Waals surface area contributed by atoms with Crippen molar-refractivity contribution in [2.45, 2.75) is 39.3 Å². The van der Waals surface area contributed by atoms with Gasteiger partial charge in [0, 0.05) is 6.54 Å². The predicted molar refractivity (Wildman–Crippen MR) is 68.6 cm³/mol. The average Bonchev–Trinajstić information content (AvgIpc) is 2.65. The largest absolute Gasteiger partial charge is 0.326 e. The van der Waals surface area contributed by atoms with Crippen molar-refractivity contribution in [2.75, 3.05) is 33.2 Å². The zero-order valence-electron chi connectivity index (χ0n) is 11.3. The van der Waals surface area contributed by atoms with Gasteiger partial charge < -0.3 is 9.80 Å². The van der Waals surface area contributed by atoms with E-state index in [0.717, 1.165) is 26.1 Å². The van der Waals surface area contributed by atoms with Gasteiger partial charge in [-0.25, -0.2) is 0 Å². The van der Waals surface area contributed by atoms with E-state index in [0.29, 0.717) is 12.0 Å². The summed E-state index contributed by atoms with van der Waals surface area (Å²) in [6, 6.07) is 0. The lowest BCUT2D eigenvalue weighted by atomic mass is 9.80. The van der Waals surface area contributed by atoms with Gasteiger partial charge in [0.05, 0.1) is 12.7 Å². The topological polar surface area (TPSA) is 35.6 Å². The van der Waals surface area contributed by atoms with Crippen LogP contribution in [0.3, 0.4) is 0 Å². The Morgan fingerprint density at radius 3 is 2.65 bits per heavy atom. The Morgan fingerprint density at radius 1 is 1.41 bits per heavy atom. The van der Waals surface area contributed by atoms with Crippen LogP contribution in [0.2, 0.25) is 0 Å². The van der Waals surface area contributed by atoms with Gasteiger partial charge in [0.1, 0.15) is 0 Å². The molecule has 0 bridgehead atoms. The molecule has 0 aromatic rings. The van der Waals surface area contributed by atoms with E-state index >= 15 is 0 Å². The number of nitrogens with one attached hydrogen (secondary N) is 1. The molecule has 4 nitrogen and oxygen atoms in total. The molecule has 2 aliphatic heterocycles. The molecule has 0 aromatic heterocycles. The van der Waals surface area contributed by atoms with Crippen molar-refractivity contribution in [1.29, 1.82) is 0 Å². The minimum absolute atomic E-state index is 0.263. The third kappa shape index (κ3) is 2.80. The normalized spacial score (nSPS) is 29.9. The highest BCUT2D eigenvalue weighted by atomic mass is 16.2. The smallest absolute Gasteiger partial charge is 0.237 e. The standard InChI is InChI=1S/C13H25N3O/c1-4-11-14-9-12(17)16(11)10-13(2)5-7-15(3)8-6-13/h11,14H,4-10H2,1-3H3. The van der Waals surface area contributed by atoms with Crippen molar-refractivity contribution in [3.8, 4) is 0 Å².